The van der Waals surface area contributed by atoms with Gasteiger partial charge >= 0.3 is 0 Å². The van der Waals surface area contributed by atoms with Crippen LogP contribution < -0.4 is 5.32 Å². The second-order valence-electron chi connectivity index (χ2n) is 5.18. The van der Waals surface area contributed by atoms with Gasteiger partial charge in [0.15, 0.2) is 5.69 Å². The largest absolute Gasteiger partial charge is 0.353 e. The molecule has 2 aromatic heterocycles. The molecule has 4 aromatic rings. The molecule has 2 aromatic carbocycles. The third kappa shape index (κ3) is 2.44. The third-order valence-corrected chi connectivity index (χ3v) is 3.68. The van der Waals surface area contributed by atoms with E-state index >= 15 is 0 Å². The number of nitrogens with zero attached hydrogens (tertiary/aromatic N) is 5. The summed E-state index contributed by atoms with van der Waals surface area (Å²) >= 11 is 0. The topological polar surface area (TPSA) is 79.4 Å². The summed E-state index contributed by atoms with van der Waals surface area (Å²) in [6.45, 7) is 0. The molecule has 0 bridgehead atoms. The van der Waals surface area contributed by atoms with Crippen molar-refractivity contribution in [1.82, 2.24) is 20.0 Å². The molecule has 0 radical (unpaired) electrons. The number of benzene rings is 2. The maximum Gasteiger partial charge on any atom is 0.187 e. The molecule has 1 N–H and O–H groups in total. The van der Waals surface area contributed by atoms with E-state index in [-0.39, 0.29) is 5.69 Å². The van der Waals surface area contributed by atoms with E-state index < -0.39 is 0 Å². The van der Waals surface area contributed by atoms with Crippen molar-refractivity contribution in [1.29, 1.82) is 5.26 Å². The Balaban J connectivity index is 1.73. The third-order valence-electron chi connectivity index (χ3n) is 3.68. The van der Waals surface area contributed by atoms with Crippen LogP contribution in [0.15, 0.2) is 67.0 Å². The Morgan fingerprint density at radius 2 is 1.79 bits per heavy atom. The van der Waals surface area contributed by atoms with Crippen molar-refractivity contribution in [2.24, 2.45) is 0 Å². The van der Waals surface area contributed by atoms with Gasteiger partial charge in [0, 0.05) is 23.5 Å². The number of nitriles is 1. The maximum atomic E-state index is 9.32. The molecule has 0 saturated carbocycles. The molecule has 0 fully saturated rings. The van der Waals surface area contributed by atoms with Crippen molar-refractivity contribution in [3.8, 4) is 11.8 Å². The number of hydrogen-bond acceptors (Lipinski definition) is 5. The van der Waals surface area contributed by atoms with E-state index in [9.17, 15) is 5.26 Å². The second kappa shape index (κ2) is 5.82. The summed E-state index contributed by atoms with van der Waals surface area (Å²) < 4.78 is 1.79. The number of nitrogens with one attached hydrogen (secondary N) is 1. The lowest BCUT2D eigenvalue weighted by Gasteiger charge is -2.11. The highest BCUT2D eigenvalue weighted by atomic mass is 15.3. The first-order valence-corrected chi connectivity index (χ1v) is 7.38. The second-order valence-corrected chi connectivity index (χ2v) is 5.18. The molecule has 4 rings (SSSR count). The first-order valence-electron chi connectivity index (χ1n) is 7.38. The first-order chi connectivity index (χ1) is 11.8. The smallest absolute Gasteiger partial charge is 0.187 e. The maximum absolute atomic E-state index is 9.32. The quantitative estimate of drug-likeness (QED) is 0.627. The predicted molar refractivity (Wildman–Crippen MR) is 91.1 cm³/mol. The van der Waals surface area contributed by atoms with Gasteiger partial charge in [-0.25, -0.2) is 4.68 Å². The number of fused-ring (bicyclic) bond motifs is 1. The van der Waals surface area contributed by atoms with E-state index in [1.807, 2.05) is 60.8 Å². The fraction of sp³-hybridized carbons (Fsp3) is 0. The van der Waals surface area contributed by atoms with Crippen LogP contribution in [0, 0.1) is 11.3 Å². The van der Waals surface area contributed by atoms with Crippen molar-refractivity contribution in [2.45, 2.75) is 0 Å². The van der Waals surface area contributed by atoms with Crippen LogP contribution in [-0.4, -0.2) is 20.0 Å². The Labute approximate surface area is 138 Å². The number of anilines is 2. The SMILES string of the molecule is N#Cc1nnc2ccccc2c1Nc1ccc(-n2cccn2)cc1. The molecule has 6 heteroatoms. The first kappa shape index (κ1) is 13.9. The van der Waals surface area contributed by atoms with Gasteiger partial charge in [0.05, 0.1) is 16.9 Å². The van der Waals surface area contributed by atoms with Gasteiger partial charge in [-0.1, -0.05) is 18.2 Å². The van der Waals surface area contributed by atoms with Crippen LogP contribution in [0.4, 0.5) is 11.4 Å². The highest BCUT2D eigenvalue weighted by Crippen LogP contribution is 2.27. The van der Waals surface area contributed by atoms with Crippen LogP contribution in [0.1, 0.15) is 5.69 Å². The summed E-state index contributed by atoms with van der Waals surface area (Å²) in [5, 5.41) is 25.7. The molecule has 0 atom stereocenters. The standard InChI is InChI=1S/C18H12N6/c19-12-17-18(15-4-1-2-5-16(15)22-23-17)21-13-6-8-14(9-7-13)24-11-3-10-20-24/h1-11H,(H,21,22). The van der Waals surface area contributed by atoms with Crippen molar-refractivity contribution in [3.05, 3.63) is 72.7 Å². The Bertz CT molecular complexity index is 1030. The minimum absolute atomic E-state index is 0.268. The van der Waals surface area contributed by atoms with Crippen LogP contribution in [0.2, 0.25) is 0 Å². The van der Waals surface area contributed by atoms with Crippen LogP contribution in [0.3, 0.4) is 0 Å². The summed E-state index contributed by atoms with van der Waals surface area (Å²) in [6.07, 6.45) is 3.62. The molecule has 0 unspecified atom stereocenters. The molecular formula is C18H12N6. The Kier molecular flexibility index (Phi) is 3.37. The Hall–Kier alpha value is -3.72. The van der Waals surface area contributed by atoms with Gasteiger partial charge in [0.25, 0.3) is 0 Å². The number of hydrogen-bond donors (Lipinski definition) is 1. The average Bonchev–Trinajstić information content (AvgIpc) is 3.17. The molecule has 114 valence electrons. The van der Waals surface area contributed by atoms with Gasteiger partial charge in [-0.3, -0.25) is 0 Å². The van der Waals surface area contributed by atoms with E-state index in [0.717, 1.165) is 22.3 Å². The van der Waals surface area contributed by atoms with Crippen LogP contribution in [-0.2, 0) is 0 Å². The summed E-state index contributed by atoms with van der Waals surface area (Å²) in [5.74, 6) is 0. The minimum Gasteiger partial charge on any atom is -0.353 e. The Morgan fingerprint density at radius 1 is 0.958 bits per heavy atom. The normalized spacial score (nSPS) is 10.5. The summed E-state index contributed by atoms with van der Waals surface area (Å²) in [6, 6.07) is 19.4. The lowest BCUT2D eigenvalue weighted by atomic mass is 10.1. The van der Waals surface area contributed by atoms with Crippen molar-refractivity contribution in [2.75, 3.05) is 5.32 Å². The summed E-state index contributed by atoms with van der Waals surface area (Å²) in [4.78, 5) is 0. The van der Waals surface area contributed by atoms with E-state index in [1.165, 1.54) is 0 Å². The van der Waals surface area contributed by atoms with Crippen molar-refractivity contribution in [3.63, 3.8) is 0 Å². The van der Waals surface area contributed by atoms with Crippen LogP contribution in [0.25, 0.3) is 16.6 Å². The summed E-state index contributed by atoms with van der Waals surface area (Å²) in [7, 11) is 0. The van der Waals surface area contributed by atoms with Crippen LogP contribution in [0.5, 0.6) is 0 Å². The molecule has 0 saturated heterocycles. The Morgan fingerprint density at radius 3 is 2.54 bits per heavy atom. The molecule has 2 heterocycles. The van der Waals surface area contributed by atoms with E-state index in [4.69, 9.17) is 0 Å². The average molecular weight is 312 g/mol. The van der Waals surface area contributed by atoms with Gasteiger partial charge in [-0.05, 0) is 36.4 Å². The van der Waals surface area contributed by atoms with Gasteiger partial charge < -0.3 is 5.32 Å². The molecule has 0 spiro atoms. The monoisotopic (exact) mass is 312 g/mol. The molecule has 0 aliphatic carbocycles. The molecule has 0 aliphatic rings. The van der Waals surface area contributed by atoms with Gasteiger partial charge in [0.2, 0.25) is 0 Å². The molecule has 0 aliphatic heterocycles. The number of rotatable bonds is 3. The zero-order valence-electron chi connectivity index (χ0n) is 12.6. The van der Waals surface area contributed by atoms with E-state index in [2.05, 4.69) is 26.7 Å². The zero-order chi connectivity index (χ0) is 16.4. The van der Waals surface area contributed by atoms with E-state index in [1.54, 1.807) is 10.9 Å². The number of aromatic nitrogens is 4. The lowest BCUT2D eigenvalue weighted by Crippen LogP contribution is -2.00. The predicted octanol–water partition coefficient (Wildman–Crippen LogP) is 3.43. The van der Waals surface area contributed by atoms with Crippen molar-refractivity contribution >= 4 is 22.3 Å². The molecule has 0 amide bonds. The van der Waals surface area contributed by atoms with Gasteiger partial charge in [-0.2, -0.15) is 10.4 Å². The fourth-order valence-corrected chi connectivity index (χ4v) is 2.52. The van der Waals surface area contributed by atoms with Gasteiger partial charge in [-0.15, -0.1) is 10.2 Å². The summed E-state index contributed by atoms with van der Waals surface area (Å²) in [5.41, 5.74) is 3.50. The molecule has 6 nitrogen and oxygen atoms in total. The zero-order valence-corrected chi connectivity index (χ0v) is 12.6. The van der Waals surface area contributed by atoms with E-state index in [0.29, 0.717) is 5.69 Å². The fourth-order valence-electron chi connectivity index (χ4n) is 2.52. The molecular weight excluding hydrogens is 300 g/mol. The van der Waals surface area contributed by atoms with Crippen LogP contribution >= 0.6 is 0 Å². The highest BCUT2D eigenvalue weighted by molar-refractivity contribution is 5.94. The minimum atomic E-state index is 0.268. The molecule has 24 heavy (non-hydrogen) atoms. The highest BCUT2D eigenvalue weighted by Gasteiger charge is 2.10. The van der Waals surface area contributed by atoms with Gasteiger partial charge in [0.1, 0.15) is 6.07 Å². The van der Waals surface area contributed by atoms with Crippen molar-refractivity contribution < 1.29 is 0 Å². The lowest BCUT2D eigenvalue weighted by molar-refractivity contribution is 0.881.